The van der Waals surface area contributed by atoms with Crippen LogP contribution in [-0.4, -0.2) is 12.2 Å². The van der Waals surface area contributed by atoms with Crippen LogP contribution in [0, 0.1) is 0 Å². The number of hydrogen-bond acceptors (Lipinski definition) is 3. The van der Waals surface area contributed by atoms with Crippen LogP contribution in [-0.2, 0) is 6.54 Å². The number of anilines is 1. The summed E-state index contributed by atoms with van der Waals surface area (Å²) in [5.74, 6) is 0.381. The fraction of sp³-hybridized carbons (Fsp3) is 0.143. The molecule has 0 bridgehead atoms. The van der Waals surface area contributed by atoms with E-state index in [1.807, 2.05) is 0 Å². The van der Waals surface area contributed by atoms with Crippen LogP contribution in [0.4, 0.5) is 5.69 Å². The van der Waals surface area contributed by atoms with E-state index in [1.165, 1.54) is 7.11 Å². The highest BCUT2D eigenvalue weighted by molar-refractivity contribution is 6.36. The lowest BCUT2D eigenvalue weighted by Crippen LogP contribution is -2.01. The molecule has 0 radical (unpaired) electrons. The maximum absolute atomic E-state index is 10.0. The zero-order chi connectivity index (χ0) is 14.7. The van der Waals surface area contributed by atoms with Crippen molar-refractivity contribution in [2.24, 2.45) is 0 Å². The van der Waals surface area contributed by atoms with Crippen LogP contribution < -0.4 is 10.1 Å². The molecule has 0 fully saturated rings. The molecular weight excluding hydrogens is 321 g/mol. The number of phenolic OH excluding ortho intramolecular Hbond substituents is 1. The molecule has 106 valence electrons. The van der Waals surface area contributed by atoms with Gasteiger partial charge in [-0.25, -0.2) is 0 Å². The molecule has 20 heavy (non-hydrogen) atoms. The van der Waals surface area contributed by atoms with Gasteiger partial charge in [0.25, 0.3) is 0 Å². The van der Waals surface area contributed by atoms with Crippen molar-refractivity contribution in [3.8, 4) is 11.5 Å². The maximum Gasteiger partial charge on any atom is 0.162 e. The van der Waals surface area contributed by atoms with E-state index in [0.717, 1.165) is 5.69 Å². The van der Waals surface area contributed by atoms with Crippen molar-refractivity contribution < 1.29 is 9.84 Å². The third-order valence-electron chi connectivity index (χ3n) is 2.74. The summed E-state index contributed by atoms with van der Waals surface area (Å²) in [5.41, 5.74) is 1.33. The lowest BCUT2D eigenvalue weighted by atomic mass is 10.1. The Morgan fingerprint density at radius 1 is 1.10 bits per heavy atom. The normalized spacial score (nSPS) is 10.4. The summed E-state index contributed by atoms with van der Waals surface area (Å²) in [6, 6.07) is 8.35. The average molecular weight is 333 g/mol. The Morgan fingerprint density at radius 3 is 2.50 bits per heavy atom. The van der Waals surface area contributed by atoms with Crippen LogP contribution in [0.25, 0.3) is 0 Å². The van der Waals surface area contributed by atoms with E-state index >= 15 is 0 Å². The lowest BCUT2D eigenvalue weighted by molar-refractivity contribution is 0.371. The number of ether oxygens (including phenoxy) is 1. The zero-order valence-corrected chi connectivity index (χ0v) is 12.9. The fourth-order valence-corrected chi connectivity index (χ4v) is 2.45. The quantitative estimate of drug-likeness (QED) is 0.830. The van der Waals surface area contributed by atoms with Gasteiger partial charge in [0.1, 0.15) is 0 Å². The number of nitrogens with one attached hydrogen (secondary N) is 1. The van der Waals surface area contributed by atoms with Gasteiger partial charge < -0.3 is 15.2 Å². The fourth-order valence-electron chi connectivity index (χ4n) is 1.74. The average Bonchev–Trinajstić information content (AvgIpc) is 2.41. The number of aromatic hydroxyl groups is 1. The summed E-state index contributed by atoms with van der Waals surface area (Å²) in [6.45, 7) is 0.351. The molecule has 2 aromatic rings. The lowest BCUT2D eigenvalue weighted by Gasteiger charge is -2.12. The van der Waals surface area contributed by atoms with Crippen molar-refractivity contribution in [2.75, 3.05) is 12.4 Å². The first-order valence-electron chi connectivity index (χ1n) is 5.75. The second-order valence-corrected chi connectivity index (χ2v) is 5.37. The molecule has 0 heterocycles. The molecule has 0 saturated heterocycles. The summed E-state index contributed by atoms with van der Waals surface area (Å²) in [7, 11) is 1.47. The topological polar surface area (TPSA) is 41.5 Å². The monoisotopic (exact) mass is 331 g/mol. The summed E-state index contributed by atoms with van der Waals surface area (Å²) in [4.78, 5) is 0. The van der Waals surface area contributed by atoms with Crippen LogP contribution in [0.3, 0.4) is 0 Å². The molecule has 0 aliphatic carbocycles. The first-order valence-corrected chi connectivity index (χ1v) is 6.89. The van der Waals surface area contributed by atoms with E-state index < -0.39 is 0 Å². The standard InChI is InChI=1S/C14H12Cl3NO2/c1-20-13-6-10(16)4-8(14(13)19)7-18-12-3-2-9(15)5-11(12)17/h2-6,18-19H,7H2,1H3. The van der Waals surface area contributed by atoms with Crippen LogP contribution in [0.15, 0.2) is 30.3 Å². The highest BCUT2D eigenvalue weighted by Crippen LogP contribution is 2.34. The molecule has 0 unspecified atom stereocenters. The predicted octanol–water partition coefficient (Wildman–Crippen LogP) is 4.97. The van der Waals surface area contributed by atoms with Gasteiger partial charge in [-0.05, 0) is 24.3 Å². The zero-order valence-electron chi connectivity index (χ0n) is 10.6. The highest BCUT2D eigenvalue weighted by atomic mass is 35.5. The number of halogens is 3. The molecule has 0 saturated carbocycles. The minimum absolute atomic E-state index is 0.0504. The van der Waals surface area contributed by atoms with Crippen molar-refractivity contribution in [2.45, 2.75) is 6.54 Å². The van der Waals surface area contributed by atoms with Crippen LogP contribution >= 0.6 is 34.8 Å². The van der Waals surface area contributed by atoms with Gasteiger partial charge in [-0.2, -0.15) is 0 Å². The molecule has 0 spiro atoms. The Balaban J connectivity index is 2.20. The predicted molar refractivity (Wildman–Crippen MR) is 83.5 cm³/mol. The molecule has 0 aliphatic heterocycles. The summed E-state index contributed by atoms with van der Waals surface area (Å²) >= 11 is 17.9. The summed E-state index contributed by atoms with van der Waals surface area (Å²) in [5, 5.41) is 14.7. The number of rotatable bonds is 4. The third-order valence-corrected chi connectivity index (χ3v) is 3.51. The second kappa shape index (κ2) is 6.44. The molecule has 2 aromatic carbocycles. The number of phenols is 1. The minimum Gasteiger partial charge on any atom is -0.504 e. The second-order valence-electron chi connectivity index (χ2n) is 4.09. The number of methoxy groups -OCH3 is 1. The number of benzene rings is 2. The van der Waals surface area contributed by atoms with E-state index in [0.29, 0.717) is 32.9 Å². The van der Waals surface area contributed by atoms with Gasteiger partial charge in [0.05, 0.1) is 17.8 Å². The van der Waals surface area contributed by atoms with Crippen LogP contribution in [0.2, 0.25) is 15.1 Å². The number of hydrogen-bond donors (Lipinski definition) is 2. The highest BCUT2D eigenvalue weighted by Gasteiger charge is 2.10. The van der Waals surface area contributed by atoms with E-state index in [9.17, 15) is 5.11 Å². The molecule has 0 atom stereocenters. The van der Waals surface area contributed by atoms with Crippen molar-refractivity contribution in [1.82, 2.24) is 0 Å². The van der Waals surface area contributed by atoms with Gasteiger partial charge >= 0.3 is 0 Å². The van der Waals surface area contributed by atoms with Crippen molar-refractivity contribution >= 4 is 40.5 Å². The Labute approximate surface area is 132 Å². The van der Waals surface area contributed by atoms with Crippen molar-refractivity contribution in [3.63, 3.8) is 0 Å². The molecule has 2 N–H and O–H groups in total. The van der Waals surface area contributed by atoms with Gasteiger partial charge in [-0.15, -0.1) is 0 Å². The smallest absolute Gasteiger partial charge is 0.162 e. The molecular formula is C14H12Cl3NO2. The first kappa shape index (κ1) is 15.1. The van der Waals surface area contributed by atoms with Crippen LogP contribution in [0.1, 0.15) is 5.56 Å². The van der Waals surface area contributed by atoms with Gasteiger partial charge in [-0.3, -0.25) is 0 Å². The molecule has 0 aromatic heterocycles. The Kier molecular flexibility index (Phi) is 4.86. The van der Waals surface area contributed by atoms with Gasteiger partial charge in [0.2, 0.25) is 0 Å². The Morgan fingerprint density at radius 2 is 1.85 bits per heavy atom. The largest absolute Gasteiger partial charge is 0.504 e. The van der Waals surface area contributed by atoms with Crippen LogP contribution in [0.5, 0.6) is 11.5 Å². The summed E-state index contributed by atoms with van der Waals surface area (Å²) in [6.07, 6.45) is 0. The van der Waals surface area contributed by atoms with Gasteiger partial charge in [-0.1, -0.05) is 34.8 Å². The SMILES string of the molecule is COc1cc(Cl)cc(CNc2ccc(Cl)cc2Cl)c1O. The molecule has 3 nitrogen and oxygen atoms in total. The Hall–Kier alpha value is -1.29. The maximum atomic E-state index is 10.0. The molecule has 0 amide bonds. The summed E-state index contributed by atoms with van der Waals surface area (Å²) < 4.78 is 5.05. The van der Waals surface area contributed by atoms with E-state index in [1.54, 1.807) is 30.3 Å². The minimum atomic E-state index is 0.0504. The Bertz CT molecular complexity index is 632. The van der Waals surface area contributed by atoms with Crippen molar-refractivity contribution in [3.05, 3.63) is 51.0 Å². The van der Waals surface area contributed by atoms with E-state index in [2.05, 4.69) is 5.32 Å². The van der Waals surface area contributed by atoms with E-state index in [4.69, 9.17) is 39.5 Å². The van der Waals surface area contributed by atoms with Crippen molar-refractivity contribution in [1.29, 1.82) is 0 Å². The molecule has 6 heteroatoms. The van der Waals surface area contributed by atoms with Gasteiger partial charge in [0, 0.05) is 28.2 Å². The van der Waals surface area contributed by atoms with Gasteiger partial charge in [0.15, 0.2) is 11.5 Å². The van der Waals surface area contributed by atoms with E-state index in [-0.39, 0.29) is 5.75 Å². The third kappa shape index (κ3) is 3.42. The molecule has 0 aliphatic rings. The molecule has 2 rings (SSSR count). The first-order chi connectivity index (χ1) is 9.51.